The Morgan fingerprint density at radius 2 is 1.53 bits per heavy atom. The maximum Gasteiger partial charge on any atom is 0.196 e. The van der Waals surface area contributed by atoms with Crippen molar-refractivity contribution in [1.29, 1.82) is 0 Å². The lowest BCUT2D eigenvalue weighted by atomic mass is 10.0. The highest BCUT2D eigenvalue weighted by atomic mass is 35.5. The summed E-state index contributed by atoms with van der Waals surface area (Å²) in [4.78, 5) is 12.2. The van der Waals surface area contributed by atoms with Gasteiger partial charge in [-0.1, -0.05) is 29.3 Å². The van der Waals surface area contributed by atoms with Crippen LogP contribution in [-0.2, 0) is 0 Å². The first kappa shape index (κ1) is 14.0. The van der Waals surface area contributed by atoms with E-state index in [-0.39, 0.29) is 21.2 Å². The van der Waals surface area contributed by atoms with Gasteiger partial charge in [-0.25, -0.2) is 8.78 Å². The van der Waals surface area contributed by atoms with Crippen LogP contribution >= 0.6 is 23.2 Å². The molecule has 0 fully saturated rings. The van der Waals surface area contributed by atoms with Crippen molar-refractivity contribution in [3.63, 3.8) is 0 Å². The van der Waals surface area contributed by atoms with E-state index in [1.807, 2.05) is 6.92 Å². The zero-order chi connectivity index (χ0) is 14.2. The van der Waals surface area contributed by atoms with Crippen LogP contribution in [0.5, 0.6) is 0 Å². The second kappa shape index (κ2) is 5.27. The molecule has 0 spiro atoms. The molecule has 0 bridgehead atoms. The van der Waals surface area contributed by atoms with Gasteiger partial charge in [0.05, 0.1) is 10.0 Å². The smallest absolute Gasteiger partial charge is 0.196 e. The summed E-state index contributed by atoms with van der Waals surface area (Å²) in [7, 11) is 0. The van der Waals surface area contributed by atoms with E-state index < -0.39 is 17.4 Å². The molecule has 0 aliphatic rings. The van der Waals surface area contributed by atoms with Gasteiger partial charge in [0.2, 0.25) is 0 Å². The zero-order valence-electron chi connectivity index (χ0n) is 9.81. The minimum Gasteiger partial charge on any atom is -0.288 e. The van der Waals surface area contributed by atoms with Crippen LogP contribution in [0.3, 0.4) is 0 Å². The summed E-state index contributed by atoms with van der Waals surface area (Å²) in [6.07, 6.45) is 0. The van der Waals surface area contributed by atoms with Gasteiger partial charge in [-0.05, 0) is 36.8 Å². The quantitative estimate of drug-likeness (QED) is 0.574. The molecule has 1 nitrogen and oxygen atoms in total. The highest BCUT2D eigenvalue weighted by Gasteiger charge is 2.18. The normalized spacial score (nSPS) is 10.6. The number of halogens is 4. The van der Waals surface area contributed by atoms with E-state index >= 15 is 0 Å². The standard InChI is InChI=1S/C14H8Cl2F2O/c1-7-2-3-8(10(15)4-7)14(19)9-5-12(17)13(18)6-11(9)16/h2-6H,1H3. The highest BCUT2D eigenvalue weighted by Crippen LogP contribution is 2.26. The van der Waals surface area contributed by atoms with Gasteiger partial charge in [-0.15, -0.1) is 0 Å². The van der Waals surface area contributed by atoms with E-state index in [2.05, 4.69) is 0 Å². The van der Waals surface area contributed by atoms with Crippen LogP contribution in [0.1, 0.15) is 21.5 Å². The molecule has 0 aromatic heterocycles. The summed E-state index contributed by atoms with van der Waals surface area (Å²) in [5.41, 5.74) is 0.962. The molecule has 0 atom stereocenters. The first-order valence-corrected chi connectivity index (χ1v) is 6.11. The molecule has 2 aromatic carbocycles. The van der Waals surface area contributed by atoms with Crippen LogP contribution in [0.15, 0.2) is 30.3 Å². The van der Waals surface area contributed by atoms with E-state index in [0.717, 1.165) is 17.7 Å². The summed E-state index contributed by atoms with van der Waals surface area (Å²) in [5, 5.41) is 0.0892. The fourth-order valence-electron chi connectivity index (χ4n) is 1.65. The lowest BCUT2D eigenvalue weighted by Crippen LogP contribution is -2.05. The van der Waals surface area contributed by atoms with E-state index in [1.54, 1.807) is 12.1 Å². The molecule has 0 aliphatic carbocycles. The first-order valence-electron chi connectivity index (χ1n) is 5.35. The number of benzene rings is 2. The van der Waals surface area contributed by atoms with Gasteiger partial charge in [-0.2, -0.15) is 0 Å². The molecular formula is C14H8Cl2F2O. The Kier molecular flexibility index (Phi) is 3.88. The van der Waals surface area contributed by atoms with Crippen molar-refractivity contribution in [2.24, 2.45) is 0 Å². The molecule has 0 radical (unpaired) electrons. The predicted molar refractivity (Wildman–Crippen MR) is 71.0 cm³/mol. The topological polar surface area (TPSA) is 17.1 Å². The third kappa shape index (κ3) is 2.77. The van der Waals surface area contributed by atoms with Crippen LogP contribution in [0.4, 0.5) is 8.78 Å². The fourth-order valence-corrected chi connectivity index (χ4v) is 2.20. The summed E-state index contributed by atoms with van der Waals surface area (Å²) in [6.45, 7) is 1.82. The van der Waals surface area contributed by atoms with Crippen LogP contribution < -0.4 is 0 Å². The Bertz CT molecular complexity index is 669. The number of carbonyl (C=O) groups is 1. The van der Waals surface area contributed by atoms with Crippen LogP contribution in [-0.4, -0.2) is 5.78 Å². The average Bonchev–Trinajstić information content (AvgIpc) is 2.33. The molecule has 0 heterocycles. The van der Waals surface area contributed by atoms with Gasteiger partial charge >= 0.3 is 0 Å². The average molecular weight is 301 g/mol. The molecule has 2 rings (SSSR count). The number of hydrogen-bond donors (Lipinski definition) is 0. The third-order valence-electron chi connectivity index (χ3n) is 2.62. The molecule has 0 saturated carbocycles. The Balaban J connectivity index is 2.53. The largest absolute Gasteiger partial charge is 0.288 e. The summed E-state index contributed by atoms with van der Waals surface area (Å²) in [5.74, 6) is -2.78. The van der Waals surface area contributed by atoms with Crippen LogP contribution in [0.2, 0.25) is 10.0 Å². The minimum absolute atomic E-state index is 0.119. The molecule has 19 heavy (non-hydrogen) atoms. The minimum atomic E-state index is -1.13. The summed E-state index contributed by atoms with van der Waals surface area (Å²) >= 11 is 11.7. The van der Waals surface area contributed by atoms with Gasteiger partial charge < -0.3 is 0 Å². The van der Waals surface area contributed by atoms with Gasteiger partial charge in [0.1, 0.15) is 0 Å². The zero-order valence-corrected chi connectivity index (χ0v) is 11.3. The lowest BCUT2D eigenvalue weighted by Gasteiger charge is -2.07. The van der Waals surface area contributed by atoms with Crippen LogP contribution in [0.25, 0.3) is 0 Å². The van der Waals surface area contributed by atoms with E-state index in [4.69, 9.17) is 23.2 Å². The Morgan fingerprint density at radius 1 is 0.947 bits per heavy atom. The molecular weight excluding hydrogens is 293 g/mol. The van der Waals surface area contributed by atoms with Crippen molar-refractivity contribution in [3.05, 3.63) is 68.7 Å². The molecule has 0 unspecified atom stereocenters. The number of carbonyl (C=O) groups excluding carboxylic acids is 1. The number of ketones is 1. The van der Waals surface area contributed by atoms with Gasteiger partial charge in [0.25, 0.3) is 0 Å². The second-order valence-electron chi connectivity index (χ2n) is 4.06. The van der Waals surface area contributed by atoms with E-state index in [9.17, 15) is 13.6 Å². The van der Waals surface area contributed by atoms with Gasteiger partial charge in [0.15, 0.2) is 17.4 Å². The Morgan fingerprint density at radius 3 is 2.16 bits per heavy atom. The van der Waals surface area contributed by atoms with Crippen LogP contribution in [0, 0.1) is 18.6 Å². The van der Waals surface area contributed by atoms with Crippen molar-refractivity contribution < 1.29 is 13.6 Å². The van der Waals surface area contributed by atoms with Crippen molar-refractivity contribution in [1.82, 2.24) is 0 Å². The fraction of sp³-hybridized carbons (Fsp3) is 0.0714. The molecule has 98 valence electrons. The predicted octanol–water partition coefficient (Wildman–Crippen LogP) is 4.81. The van der Waals surface area contributed by atoms with Crippen molar-refractivity contribution in [2.45, 2.75) is 6.92 Å². The Labute approximate surface area is 118 Å². The van der Waals surface area contributed by atoms with Crippen molar-refractivity contribution in [2.75, 3.05) is 0 Å². The SMILES string of the molecule is Cc1ccc(C(=O)c2cc(F)c(F)cc2Cl)c(Cl)c1. The van der Waals surface area contributed by atoms with Crippen molar-refractivity contribution in [3.8, 4) is 0 Å². The lowest BCUT2D eigenvalue weighted by molar-refractivity contribution is 0.103. The van der Waals surface area contributed by atoms with E-state index in [1.165, 1.54) is 6.07 Å². The maximum absolute atomic E-state index is 13.2. The molecule has 0 saturated heterocycles. The number of rotatable bonds is 2. The molecule has 0 aliphatic heterocycles. The first-order chi connectivity index (χ1) is 8.90. The number of hydrogen-bond acceptors (Lipinski definition) is 1. The van der Waals surface area contributed by atoms with Crippen molar-refractivity contribution >= 4 is 29.0 Å². The number of aryl methyl sites for hydroxylation is 1. The monoisotopic (exact) mass is 300 g/mol. The summed E-state index contributed by atoms with van der Waals surface area (Å²) < 4.78 is 26.1. The molecule has 0 amide bonds. The van der Waals surface area contributed by atoms with Gasteiger partial charge in [-0.3, -0.25) is 4.79 Å². The maximum atomic E-state index is 13.2. The van der Waals surface area contributed by atoms with Gasteiger partial charge in [0, 0.05) is 11.1 Å². The van der Waals surface area contributed by atoms with E-state index in [0.29, 0.717) is 0 Å². The molecule has 2 aromatic rings. The summed E-state index contributed by atoms with van der Waals surface area (Å²) in [6, 6.07) is 6.38. The molecule has 5 heteroatoms. The highest BCUT2D eigenvalue weighted by molar-refractivity contribution is 6.38. The second-order valence-corrected chi connectivity index (χ2v) is 4.87. The Hall–Kier alpha value is -1.45. The molecule has 0 N–H and O–H groups in total. The third-order valence-corrected chi connectivity index (χ3v) is 3.25.